The van der Waals surface area contributed by atoms with Gasteiger partial charge in [0.1, 0.15) is 0 Å². The lowest BCUT2D eigenvalue weighted by Gasteiger charge is -2.27. The molecule has 8 nitrogen and oxygen atoms in total. The molecule has 11 heteroatoms. The molecule has 3 heterocycles. The molecular formula is C18H24F3N3O5. The molecule has 0 spiro atoms. The quantitative estimate of drug-likeness (QED) is 0.801. The number of halogens is 3. The highest BCUT2D eigenvalue weighted by Crippen LogP contribution is 2.41. The molecule has 0 aromatic carbocycles. The number of fused-ring (bicyclic) bond motifs is 1. The van der Waals surface area contributed by atoms with E-state index < -0.39 is 12.1 Å². The van der Waals surface area contributed by atoms with Crippen LogP contribution in [0.1, 0.15) is 5.69 Å². The SMILES string of the molecule is CN(C)C(=O)N1C[C@@H]2COC[C@]2(COCc2ccccn2)C1.O=C(O)C(F)(F)F. The van der Waals surface area contributed by atoms with E-state index in [1.165, 1.54) is 0 Å². The molecule has 0 unspecified atom stereocenters. The minimum Gasteiger partial charge on any atom is -0.475 e. The molecule has 2 atom stereocenters. The minimum atomic E-state index is -5.08. The molecule has 1 N–H and O–H groups in total. The summed E-state index contributed by atoms with van der Waals surface area (Å²) in [7, 11) is 3.58. The number of carboxylic acids is 1. The first-order valence-corrected chi connectivity index (χ1v) is 8.87. The predicted molar refractivity (Wildman–Crippen MR) is 95.0 cm³/mol. The summed E-state index contributed by atoms with van der Waals surface area (Å²) >= 11 is 0. The number of nitrogens with zero attached hydrogens (tertiary/aromatic N) is 3. The third-order valence-corrected chi connectivity index (χ3v) is 4.78. The molecule has 2 fully saturated rings. The van der Waals surface area contributed by atoms with Crippen LogP contribution >= 0.6 is 0 Å². The Hall–Kier alpha value is -2.40. The summed E-state index contributed by atoms with van der Waals surface area (Å²) in [5.41, 5.74) is 0.856. The van der Waals surface area contributed by atoms with Crippen molar-refractivity contribution in [2.24, 2.45) is 11.3 Å². The molecular weight excluding hydrogens is 395 g/mol. The van der Waals surface area contributed by atoms with Gasteiger partial charge >= 0.3 is 18.2 Å². The second kappa shape index (κ2) is 9.40. The van der Waals surface area contributed by atoms with Crippen molar-refractivity contribution < 1.29 is 37.3 Å². The zero-order valence-corrected chi connectivity index (χ0v) is 16.2. The van der Waals surface area contributed by atoms with E-state index in [1.807, 2.05) is 23.1 Å². The predicted octanol–water partition coefficient (Wildman–Crippen LogP) is 1.86. The zero-order chi connectivity index (χ0) is 21.7. The fourth-order valence-corrected chi connectivity index (χ4v) is 3.31. The molecule has 0 bridgehead atoms. The number of alkyl halides is 3. The minimum absolute atomic E-state index is 0.0681. The first-order valence-electron chi connectivity index (χ1n) is 8.87. The summed E-state index contributed by atoms with van der Waals surface area (Å²) in [6, 6.07) is 5.87. The maximum absolute atomic E-state index is 12.2. The van der Waals surface area contributed by atoms with Crippen molar-refractivity contribution in [3.05, 3.63) is 30.1 Å². The lowest BCUT2D eigenvalue weighted by Crippen LogP contribution is -2.41. The highest BCUT2D eigenvalue weighted by atomic mass is 19.4. The standard InChI is InChI=1S/C16H23N3O3.C2HF3O2/c1-18(2)15(20)19-7-13-8-21-11-16(13,10-19)12-22-9-14-5-3-4-6-17-14;3-2(4,5)1(6)7/h3-6,13H,7-12H2,1-2H3;(H,6,7)/t13-,16+;/m1./s1. The lowest BCUT2D eigenvalue weighted by atomic mass is 9.82. The first-order chi connectivity index (χ1) is 13.5. The number of amides is 2. The van der Waals surface area contributed by atoms with Crippen molar-refractivity contribution in [2.45, 2.75) is 12.8 Å². The van der Waals surface area contributed by atoms with E-state index in [1.54, 1.807) is 25.2 Å². The van der Waals surface area contributed by atoms with Gasteiger partial charge in [0.2, 0.25) is 0 Å². The van der Waals surface area contributed by atoms with Crippen LogP contribution in [-0.2, 0) is 20.9 Å². The largest absolute Gasteiger partial charge is 0.490 e. The van der Waals surface area contributed by atoms with Gasteiger partial charge in [-0.15, -0.1) is 0 Å². The molecule has 3 rings (SSSR count). The van der Waals surface area contributed by atoms with Crippen LogP contribution in [-0.4, -0.2) is 85.1 Å². The van der Waals surface area contributed by atoms with Gasteiger partial charge in [-0.05, 0) is 12.1 Å². The molecule has 2 aliphatic rings. The van der Waals surface area contributed by atoms with Crippen LogP contribution in [0.4, 0.5) is 18.0 Å². The first kappa shape index (κ1) is 22.9. The summed E-state index contributed by atoms with van der Waals surface area (Å²) in [5, 5.41) is 7.12. The van der Waals surface area contributed by atoms with Crippen molar-refractivity contribution in [3.63, 3.8) is 0 Å². The number of ether oxygens (including phenoxy) is 2. The maximum Gasteiger partial charge on any atom is 0.490 e. The van der Waals surface area contributed by atoms with E-state index in [2.05, 4.69) is 4.98 Å². The number of carbonyl (C=O) groups is 2. The molecule has 2 aliphatic heterocycles. The molecule has 0 aliphatic carbocycles. The number of hydrogen-bond donors (Lipinski definition) is 1. The smallest absolute Gasteiger partial charge is 0.475 e. The van der Waals surface area contributed by atoms with Gasteiger partial charge in [-0.25, -0.2) is 9.59 Å². The maximum atomic E-state index is 12.2. The molecule has 1 aromatic rings. The van der Waals surface area contributed by atoms with Crippen LogP contribution in [0.15, 0.2) is 24.4 Å². The van der Waals surface area contributed by atoms with Crippen LogP contribution in [0, 0.1) is 11.3 Å². The number of rotatable bonds is 4. The Morgan fingerprint density at radius 2 is 2.10 bits per heavy atom. The van der Waals surface area contributed by atoms with Crippen molar-refractivity contribution >= 4 is 12.0 Å². The zero-order valence-electron chi connectivity index (χ0n) is 16.2. The van der Waals surface area contributed by atoms with Crippen LogP contribution in [0.25, 0.3) is 0 Å². The number of likely N-dealkylation sites (tertiary alicyclic amines) is 1. The van der Waals surface area contributed by atoms with Gasteiger partial charge < -0.3 is 24.4 Å². The summed E-state index contributed by atoms with van der Waals surface area (Å²) in [6.45, 7) is 3.94. The van der Waals surface area contributed by atoms with Gasteiger partial charge in [-0.2, -0.15) is 13.2 Å². The number of aliphatic carboxylic acids is 1. The summed E-state index contributed by atoms with van der Waals surface area (Å²) in [4.78, 5) is 28.9. The Kier molecular flexibility index (Phi) is 7.42. The third kappa shape index (κ3) is 6.04. The lowest BCUT2D eigenvalue weighted by molar-refractivity contribution is -0.192. The average Bonchev–Trinajstić information content (AvgIpc) is 3.18. The summed E-state index contributed by atoms with van der Waals surface area (Å²) in [6.07, 6.45) is -3.31. The van der Waals surface area contributed by atoms with Gasteiger partial charge in [0.05, 0.1) is 32.1 Å². The molecule has 162 valence electrons. The van der Waals surface area contributed by atoms with Gasteiger partial charge in [-0.1, -0.05) is 6.07 Å². The molecule has 2 amide bonds. The number of aromatic nitrogens is 1. The second-order valence-corrected chi connectivity index (χ2v) is 7.25. The van der Waals surface area contributed by atoms with E-state index in [0.717, 1.165) is 12.2 Å². The molecule has 2 saturated heterocycles. The number of carbonyl (C=O) groups excluding carboxylic acids is 1. The van der Waals surface area contributed by atoms with Gasteiger partial charge in [0.15, 0.2) is 0 Å². The van der Waals surface area contributed by atoms with Gasteiger partial charge in [-0.3, -0.25) is 4.98 Å². The van der Waals surface area contributed by atoms with E-state index in [-0.39, 0.29) is 11.4 Å². The van der Waals surface area contributed by atoms with Crippen molar-refractivity contribution in [1.82, 2.24) is 14.8 Å². The van der Waals surface area contributed by atoms with E-state index in [4.69, 9.17) is 19.4 Å². The highest BCUT2D eigenvalue weighted by Gasteiger charge is 2.52. The number of carboxylic acid groups (broad SMARTS) is 1. The van der Waals surface area contributed by atoms with Crippen LogP contribution < -0.4 is 0 Å². The van der Waals surface area contributed by atoms with Crippen molar-refractivity contribution in [1.29, 1.82) is 0 Å². The number of pyridine rings is 1. The van der Waals surface area contributed by atoms with E-state index >= 15 is 0 Å². The van der Waals surface area contributed by atoms with Gasteiger partial charge in [0.25, 0.3) is 0 Å². The molecule has 0 saturated carbocycles. The molecule has 1 aromatic heterocycles. The van der Waals surface area contributed by atoms with Crippen molar-refractivity contribution in [3.8, 4) is 0 Å². The van der Waals surface area contributed by atoms with Crippen LogP contribution in [0.5, 0.6) is 0 Å². The normalized spacial score (nSPS) is 23.2. The topological polar surface area (TPSA) is 92.2 Å². The summed E-state index contributed by atoms with van der Waals surface area (Å²) in [5.74, 6) is -2.40. The van der Waals surface area contributed by atoms with Crippen molar-refractivity contribution in [2.75, 3.05) is 47.0 Å². The Morgan fingerprint density at radius 3 is 2.66 bits per heavy atom. The third-order valence-electron chi connectivity index (χ3n) is 4.78. The van der Waals surface area contributed by atoms with Gasteiger partial charge in [0, 0.05) is 44.7 Å². The Bertz CT molecular complexity index is 702. The van der Waals surface area contributed by atoms with Crippen LogP contribution in [0.3, 0.4) is 0 Å². The number of hydrogen-bond acceptors (Lipinski definition) is 5. The molecule has 0 radical (unpaired) electrons. The Balaban J connectivity index is 0.000000370. The summed E-state index contributed by atoms with van der Waals surface area (Å²) < 4.78 is 43.3. The second-order valence-electron chi connectivity index (χ2n) is 7.25. The highest BCUT2D eigenvalue weighted by molar-refractivity contribution is 5.74. The average molecular weight is 419 g/mol. The fourth-order valence-electron chi connectivity index (χ4n) is 3.31. The van der Waals surface area contributed by atoms with E-state index in [9.17, 15) is 18.0 Å². The fraction of sp³-hybridized carbons (Fsp3) is 0.611. The van der Waals surface area contributed by atoms with E-state index in [0.29, 0.717) is 38.9 Å². The van der Waals surface area contributed by atoms with Crippen LogP contribution in [0.2, 0.25) is 0 Å². The number of urea groups is 1. The Labute approximate surface area is 166 Å². The molecule has 29 heavy (non-hydrogen) atoms. The monoisotopic (exact) mass is 419 g/mol. The Morgan fingerprint density at radius 1 is 1.41 bits per heavy atom.